The topological polar surface area (TPSA) is 41.5 Å². The van der Waals surface area contributed by atoms with E-state index in [0.29, 0.717) is 12.2 Å². The molecule has 1 N–H and O–H groups in total. The molecule has 126 valence electrons. The Morgan fingerprint density at radius 2 is 1.79 bits per heavy atom. The average Bonchev–Trinajstić information content (AvgIpc) is 2.61. The number of aryl methyl sites for hydroxylation is 1. The molecule has 0 saturated heterocycles. The van der Waals surface area contributed by atoms with Crippen LogP contribution in [0.4, 0.5) is 0 Å². The lowest BCUT2D eigenvalue weighted by molar-refractivity contribution is -0.120. The largest absolute Gasteiger partial charge is 0.273 e. The Labute approximate surface area is 152 Å². The zero-order chi connectivity index (χ0) is 17.2. The van der Waals surface area contributed by atoms with Crippen LogP contribution in [0.15, 0.2) is 64.6 Å². The molecule has 0 heterocycles. The van der Waals surface area contributed by atoms with Crippen molar-refractivity contribution in [1.82, 2.24) is 5.43 Å². The van der Waals surface area contributed by atoms with Crippen LogP contribution >= 0.6 is 23.4 Å². The average molecular weight is 361 g/mol. The van der Waals surface area contributed by atoms with Gasteiger partial charge >= 0.3 is 0 Å². The summed E-state index contributed by atoms with van der Waals surface area (Å²) >= 11 is 7.47. The number of nitrogens with one attached hydrogen (secondary N) is 1. The molecule has 5 heteroatoms. The van der Waals surface area contributed by atoms with Crippen molar-refractivity contribution in [2.24, 2.45) is 5.10 Å². The van der Waals surface area contributed by atoms with Gasteiger partial charge in [0.05, 0.1) is 0 Å². The van der Waals surface area contributed by atoms with E-state index in [2.05, 4.69) is 22.7 Å². The standard InChI is InChI=1S/C19H21ClN2OS/c1-15(7-8-16-5-3-2-4-6-16)21-22-19(23)13-14-24-18-11-9-17(20)10-12-18/h2-6,9-12H,7-8,13-14H2,1H3,(H,22,23)/b21-15-. The maximum atomic E-state index is 11.8. The molecule has 0 aliphatic carbocycles. The van der Waals surface area contributed by atoms with Crippen LogP contribution in [0.3, 0.4) is 0 Å². The molecule has 0 atom stereocenters. The van der Waals surface area contributed by atoms with Gasteiger partial charge in [0.2, 0.25) is 5.91 Å². The summed E-state index contributed by atoms with van der Waals surface area (Å²) in [6.45, 7) is 1.94. The van der Waals surface area contributed by atoms with Gasteiger partial charge in [-0.25, -0.2) is 5.43 Å². The quantitative estimate of drug-likeness (QED) is 0.411. The molecule has 0 fully saturated rings. The Balaban J connectivity index is 1.65. The fourth-order valence-electron chi connectivity index (χ4n) is 2.03. The Bertz CT molecular complexity index is 672. The number of hydrazone groups is 1. The Morgan fingerprint density at radius 1 is 1.08 bits per heavy atom. The van der Waals surface area contributed by atoms with Crippen LogP contribution in [0.1, 0.15) is 25.3 Å². The lowest BCUT2D eigenvalue weighted by atomic mass is 10.1. The monoisotopic (exact) mass is 360 g/mol. The molecule has 1 amide bonds. The molecule has 0 unspecified atom stereocenters. The van der Waals surface area contributed by atoms with E-state index >= 15 is 0 Å². The fourth-order valence-corrected chi connectivity index (χ4v) is 3.01. The minimum Gasteiger partial charge on any atom is -0.273 e. The molecule has 2 aromatic carbocycles. The zero-order valence-electron chi connectivity index (χ0n) is 13.7. The van der Waals surface area contributed by atoms with E-state index in [4.69, 9.17) is 11.6 Å². The number of thioether (sulfide) groups is 1. The lowest BCUT2D eigenvalue weighted by Gasteiger charge is -2.04. The van der Waals surface area contributed by atoms with Crippen molar-refractivity contribution in [2.45, 2.75) is 31.1 Å². The number of hydrogen-bond donors (Lipinski definition) is 1. The Hall–Kier alpha value is -1.78. The summed E-state index contributed by atoms with van der Waals surface area (Å²) in [5, 5.41) is 4.89. The van der Waals surface area contributed by atoms with Crippen LogP contribution in [0.5, 0.6) is 0 Å². The van der Waals surface area contributed by atoms with E-state index in [0.717, 1.165) is 28.5 Å². The van der Waals surface area contributed by atoms with Gasteiger partial charge in [0.15, 0.2) is 0 Å². The molecule has 0 saturated carbocycles. The molecular formula is C19H21ClN2OS. The molecule has 2 rings (SSSR count). The van der Waals surface area contributed by atoms with Crippen molar-refractivity contribution < 1.29 is 4.79 Å². The summed E-state index contributed by atoms with van der Waals surface area (Å²) in [4.78, 5) is 12.9. The van der Waals surface area contributed by atoms with Crippen LogP contribution in [0.2, 0.25) is 5.02 Å². The van der Waals surface area contributed by atoms with Crippen molar-refractivity contribution >= 4 is 35.0 Å². The first kappa shape index (κ1) is 18.6. The highest BCUT2D eigenvalue weighted by atomic mass is 35.5. The van der Waals surface area contributed by atoms with Crippen molar-refractivity contribution in [2.75, 3.05) is 5.75 Å². The van der Waals surface area contributed by atoms with E-state index in [1.165, 1.54) is 5.56 Å². The molecule has 0 radical (unpaired) electrons. The van der Waals surface area contributed by atoms with Crippen molar-refractivity contribution in [1.29, 1.82) is 0 Å². The van der Waals surface area contributed by atoms with Crippen LogP contribution in [0, 0.1) is 0 Å². The minimum atomic E-state index is -0.0597. The van der Waals surface area contributed by atoms with Crippen LogP contribution in [-0.4, -0.2) is 17.4 Å². The molecule has 0 spiro atoms. The zero-order valence-corrected chi connectivity index (χ0v) is 15.2. The molecular weight excluding hydrogens is 340 g/mol. The molecule has 2 aromatic rings. The SMILES string of the molecule is C/C(CCc1ccccc1)=N/NC(=O)CCSc1ccc(Cl)cc1. The minimum absolute atomic E-state index is 0.0597. The molecule has 3 nitrogen and oxygen atoms in total. The predicted octanol–water partition coefficient (Wildman–Crippen LogP) is 4.95. The summed E-state index contributed by atoms with van der Waals surface area (Å²) < 4.78 is 0. The van der Waals surface area contributed by atoms with Crippen molar-refractivity contribution in [3.05, 3.63) is 65.2 Å². The third kappa shape index (κ3) is 7.20. The normalized spacial score (nSPS) is 11.3. The lowest BCUT2D eigenvalue weighted by Crippen LogP contribution is -2.19. The second-order valence-corrected chi connectivity index (χ2v) is 7.02. The van der Waals surface area contributed by atoms with E-state index in [-0.39, 0.29) is 5.91 Å². The van der Waals surface area contributed by atoms with E-state index in [1.54, 1.807) is 11.8 Å². The van der Waals surface area contributed by atoms with Crippen LogP contribution < -0.4 is 5.43 Å². The Kier molecular flexibility index (Phi) is 7.86. The maximum absolute atomic E-state index is 11.8. The van der Waals surface area contributed by atoms with E-state index < -0.39 is 0 Å². The van der Waals surface area contributed by atoms with Gasteiger partial charge in [0, 0.05) is 27.8 Å². The number of carbonyl (C=O) groups excluding carboxylic acids is 1. The highest BCUT2D eigenvalue weighted by Gasteiger charge is 2.02. The summed E-state index contributed by atoms with van der Waals surface area (Å²) in [5.74, 6) is 0.655. The summed E-state index contributed by atoms with van der Waals surface area (Å²) in [5.41, 5.74) is 4.83. The second kappa shape index (κ2) is 10.2. The van der Waals surface area contributed by atoms with Gasteiger partial charge in [0.1, 0.15) is 0 Å². The highest BCUT2D eigenvalue weighted by molar-refractivity contribution is 7.99. The first-order valence-electron chi connectivity index (χ1n) is 7.88. The van der Waals surface area contributed by atoms with Gasteiger partial charge in [-0.3, -0.25) is 4.79 Å². The van der Waals surface area contributed by atoms with E-state index in [1.807, 2.05) is 49.4 Å². The van der Waals surface area contributed by atoms with Gasteiger partial charge < -0.3 is 0 Å². The number of amides is 1. The predicted molar refractivity (Wildman–Crippen MR) is 103 cm³/mol. The third-order valence-electron chi connectivity index (χ3n) is 3.40. The fraction of sp³-hybridized carbons (Fsp3) is 0.263. The number of hydrogen-bond acceptors (Lipinski definition) is 3. The first-order valence-corrected chi connectivity index (χ1v) is 9.24. The number of nitrogens with zero attached hydrogens (tertiary/aromatic N) is 1. The molecule has 0 aliphatic heterocycles. The van der Waals surface area contributed by atoms with Gasteiger partial charge in [-0.1, -0.05) is 41.9 Å². The smallest absolute Gasteiger partial charge is 0.240 e. The maximum Gasteiger partial charge on any atom is 0.240 e. The van der Waals surface area contributed by atoms with Gasteiger partial charge in [-0.05, 0) is 49.6 Å². The summed E-state index contributed by atoms with van der Waals surface area (Å²) in [6, 6.07) is 17.9. The number of rotatable bonds is 8. The van der Waals surface area contributed by atoms with Gasteiger partial charge in [-0.15, -0.1) is 11.8 Å². The highest BCUT2D eigenvalue weighted by Crippen LogP contribution is 2.20. The van der Waals surface area contributed by atoms with Crippen LogP contribution in [-0.2, 0) is 11.2 Å². The van der Waals surface area contributed by atoms with Gasteiger partial charge in [-0.2, -0.15) is 5.10 Å². The second-order valence-electron chi connectivity index (χ2n) is 5.42. The summed E-state index contributed by atoms with van der Waals surface area (Å²) in [6.07, 6.45) is 2.20. The third-order valence-corrected chi connectivity index (χ3v) is 4.67. The first-order chi connectivity index (χ1) is 11.6. The number of benzene rings is 2. The van der Waals surface area contributed by atoms with E-state index in [9.17, 15) is 4.79 Å². The molecule has 0 aliphatic rings. The summed E-state index contributed by atoms with van der Waals surface area (Å²) in [7, 11) is 0. The number of carbonyl (C=O) groups is 1. The number of halogens is 1. The molecule has 24 heavy (non-hydrogen) atoms. The molecule has 0 bridgehead atoms. The van der Waals surface area contributed by atoms with Crippen molar-refractivity contribution in [3.63, 3.8) is 0 Å². The van der Waals surface area contributed by atoms with Crippen LogP contribution in [0.25, 0.3) is 0 Å². The van der Waals surface area contributed by atoms with Crippen molar-refractivity contribution in [3.8, 4) is 0 Å². The molecule has 0 aromatic heterocycles. The van der Waals surface area contributed by atoms with Gasteiger partial charge in [0.25, 0.3) is 0 Å². The Morgan fingerprint density at radius 3 is 2.50 bits per heavy atom.